The Morgan fingerprint density at radius 2 is 2.14 bits per heavy atom. The molecule has 0 radical (unpaired) electrons. The monoisotopic (exact) mass is 308 g/mol. The molecule has 0 bridgehead atoms. The molecule has 1 aliphatic heterocycles. The van der Waals surface area contributed by atoms with E-state index in [2.05, 4.69) is 39.5 Å². The van der Waals surface area contributed by atoms with Gasteiger partial charge >= 0.3 is 0 Å². The van der Waals surface area contributed by atoms with E-state index in [1.54, 1.807) is 0 Å². The quantitative estimate of drug-likeness (QED) is 0.914. The van der Waals surface area contributed by atoms with Crippen LogP contribution in [-0.2, 0) is 13.0 Å². The Kier molecular flexibility index (Phi) is 5.73. The van der Waals surface area contributed by atoms with Gasteiger partial charge in [-0.2, -0.15) is 4.98 Å². The number of nitrogens with one attached hydrogen (secondary N) is 1. The summed E-state index contributed by atoms with van der Waals surface area (Å²) in [5.74, 6) is 1.45. The lowest BCUT2D eigenvalue weighted by Gasteiger charge is -2.21. The van der Waals surface area contributed by atoms with E-state index in [4.69, 9.17) is 4.52 Å². The fourth-order valence-electron chi connectivity index (χ4n) is 2.56. The van der Waals surface area contributed by atoms with Crippen LogP contribution in [0.25, 0.3) is 0 Å². The first-order valence-corrected chi connectivity index (χ1v) is 7.07. The van der Waals surface area contributed by atoms with Crippen LogP contribution >= 0.6 is 12.4 Å². The van der Waals surface area contributed by atoms with Crippen molar-refractivity contribution in [1.29, 1.82) is 0 Å². The van der Waals surface area contributed by atoms with E-state index in [0.717, 1.165) is 25.3 Å². The minimum absolute atomic E-state index is 0. The Balaban J connectivity index is 0.00000161. The fraction of sp³-hybridized carbons (Fsp3) is 0.467. The highest BCUT2D eigenvalue weighted by Crippen LogP contribution is 2.11. The van der Waals surface area contributed by atoms with E-state index < -0.39 is 0 Å². The third kappa shape index (κ3) is 4.27. The molecule has 1 fully saturated rings. The van der Waals surface area contributed by atoms with E-state index in [0.29, 0.717) is 18.5 Å². The summed E-state index contributed by atoms with van der Waals surface area (Å²) in [6.45, 7) is 2.85. The predicted molar refractivity (Wildman–Crippen MR) is 83.5 cm³/mol. The maximum absolute atomic E-state index is 5.34. The fourth-order valence-corrected chi connectivity index (χ4v) is 2.56. The van der Waals surface area contributed by atoms with Crippen LogP contribution < -0.4 is 5.32 Å². The van der Waals surface area contributed by atoms with E-state index in [-0.39, 0.29) is 12.4 Å². The van der Waals surface area contributed by atoms with Gasteiger partial charge < -0.3 is 9.84 Å². The minimum atomic E-state index is 0. The normalized spacial score (nSPS) is 17.9. The number of likely N-dealkylation sites (N-methyl/N-ethyl adjacent to an activating group) is 1. The standard InChI is InChI=1S/C15H20N4O.ClH/c1-19(13-7-8-16-10-13)11-15-17-14(18-20-15)9-12-5-3-2-4-6-12;/h2-6,13,16H,7-11H2,1H3;1H. The zero-order valence-electron chi connectivity index (χ0n) is 12.2. The molecule has 1 N–H and O–H groups in total. The molecule has 114 valence electrons. The molecule has 6 heteroatoms. The highest BCUT2D eigenvalue weighted by atomic mass is 35.5. The lowest BCUT2D eigenvalue weighted by molar-refractivity contribution is 0.214. The van der Waals surface area contributed by atoms with Gasteiger partial charge in [-0.05, 0) is 25.6 Å². The summed E-state index contributed by atoms with van der Waals surface area (Å²) in [7, 11) is 2.11. The van der Waals surface area contributed by atoms with Crippen molar-refractivity contribution in [3.63, 3.8) is 0 Å². The lowest BCUT2D eigenvalue weighted by atomic mass is 10.1. The van der Waals surface area contributed by atoms with Crippen molar-refractivity contribution in [3.8, 4) is 0 Å². The molecule has 0 saturated carbocycles. The van der Waals surface area contributed by atoms with Crippen molar-refractivity contribution >= 4 is 12.4 Å². The second kappa shape index (κ2) is 7.54. The number of hydrogen-bond acceptors (Lipinski definition) is 5. The van der Waals surface area contributed by atoms with Crippen LogP contribution in [0, 0.1) is 0 Å². The second-order valence-corrected chi connectivity index (χ2v) is 5.33. The Bertz CT molecular complexity index is 540. The highest BCUT2D eigenvalue weighted by Gasteiger charge is 2.20. The van der Waals surface area contributed by atoms with E-state index in [1.165, 1.54) is 12.0 Å². The van der Waals surface area contributed by atoms with Crippen molar-refractivity contribution < 1.29 is 4.52 Å². The molecule has 2 aromatic rings. The SMILES string of the molecule is CN(Cc1nc(Cc2ccccc2)no1)C1CCNC1.Cl. The van der Waals surface area contributed by atoms with Crippen molar-refractivity contribution in [1.82, 2.24) is 20.4 Å². The number of rotatable bonds is 5. The molecule has 2 heterocycles. The molecular weight excluding hydrogens is 288 g/mol. The smallest absolute Gasteiger partial charge is 0.240 e. The third-order valence-corrected chi connectivity index (χ3v) is 3.76. The van der Waals surface area contributed by atoms with Crippen LogP contribution in [-0.4, -0.2) is 41.2 Å². The Morgan fingerprint density at radius 1 is 1.33 bits per heavy atom. The Hall–Kier alpha value is -1.43. The van der Waals surface area contributed by atoms with Crippen molar-refractivity contribution in [3.05, 3.63) is 47.6 Å². The van der Waals surface area contributed by atoms with Gasteiger partial charge in [-0.3, -0.25) is 4.90 Å². The minimum Gasteiger partial charge on any atom is -0.338 e. The van der Waals surface area contributed by atoms with Crippen LogP contribution in [0.15, 0.2) is 34.9 Å². The molecule has 1 unspecified atom stereocenters. The summed E-state index contributed by atoms with van der Waals surface area (Å²) in [4.78, 5) is 6.75. The summed E-state index contributed by atoms with van der Waals surface area (Å²) >= 11 is 0. The molecule has 0 aliphatic carbocycles. The van der Waals surface area contributed by atoms with Gasteiger partial charge in [0.05, 0.1) is 6.54 Å². The Labute approximate surface area is 131 Å². The zero-order chi connectivity index (χ0) is 13.8. The van der Waals surface area contributed by atoms with Gasteiger partial charge in [-0.15, -0.1) is 12.4 Å². The number of halogens is 1. The first-order chi connectivity index (χ1) is 9.81. The van der Waals surface area contributed by atoms with E-state index in [1.807, 2.05) is 18.2 Å². The first-order valence-electron chi connectivity index (χ1n) is 7.07. The second-order valence-electron chi connectivity index (χ2n) is 5.33. The molecular formula is C15H21ClN4O. The van der Waals surface area contributed by atoms with Crippen molar-refractivity contribution in [2.45, 2.75) is 25.4 Å². The number of benzene rings is 1. The largest absolute Gasteiger partial charge is 0.338 e. The summed E-state index contributed by atoms with van der Waals surface area (Å²) in [6.07, 6.45) is 1.90. The molecule has 5 nitrogen and oxygen atoms in total. The molecule has 21 heavy (non-hydrogen) atoms. The maximum Gasteiger partial charge on any atom is 0.240 e. The van der Waals surface area contributed by atoms with Gasteiger partial charge in [0, 0.05) is 19.0 Å². The highest BCUT2D eigenvalue weighted by molar-refractivity contribution is 5.85. The lowest BCUT2D eigenvalue weighted by Crippen LogP contribution is -2.32. The average Bonchev–Trinajstić information content (AvgIpc) is 3.11. The molecule has 1 atom stereocenters. The molecule has 1 saturated heterocycles. The molecule has 0 amide bonds. The van der Waals surface area contributed by atoms with Gasteiger partial charge in [-0.1, -0.05) is 35.5 Å². The number of hydrogen-bond donors (Lipinski definition) is 1. The Morgan fingerprint density at radius 3 is 2.86 bits per heavy atom. The van der Waals surface area contributed by atoms with Crippen LogP contribution in [0.5, 0.6) is 0 Å². The number of aromatic nitrogens is 2. The predicted octanol–water partition coefficient (Wildman–Crippen LogP) is 1.88. The van der Waals surface area contributed by atoms with Gasteiger partial charge in [-0.25, -0.2) is 0 Å². The number of nitrogens with zero attached hydrogens (tertiary/aromatic N) is 3. The maximum atomic E-state index is 5.34. The average molecular weight is 309 g/mol. The third-order valence-electron chi connectivity index (χ3n) is 3.76. The molecule has 3 rings (SSSR count). The zero-order valence-corrected chi connectivity index (χ0v) is 13.0. The van der Waals surface area contributed by atoms with Crippen LogP contribution in [0.2, 0.25) is 0 Å². The van der Waals surface area contributed by atoms with E-state index >= 15 is 0 Å². The van der Waals surface area contributed by atoms with Gasteiger partial charge in [0.2, 0.25) is 5.89 Å². The van der Waals surface area contributed by atoms with Gasteiger partial charge in [0.15, 0.2) is 5.82 Å². The molecule has 1 aromatic carbocycles. The van der Waals surface area contributed by atoms with Crippen molar-refractivity contribution in [2.75, 3.05) is 20.1 Å². The summed E-state index contributed by atoms with van der Waals surface area (Å²) in [6, 6.07) is 10.8. The van der Waals surface area contributed by atoms with Crippen molar-refractivity contribution in [2.24, 2.45) is 0 Å². The van der Waals surface area contributed by atoms with Gasteiger partial charge in [0.25, 0.3) is 0 Å². The first kappa shape index (κ1) is 15.9. The summed E-state index contributed by atoms with van der Waals surface area (Å²) in [5, 5.41) is 7.43. The topological polar surface area (TPSA) is 54.2 Å². The van der Waals surface area contributed by atoms with Crippen LogP contribution in [0.4, 0.5) is 0 Å². The summed E-state index contributed by atoms with van der Waals surface area (Å²) in [5.41, 5.74) is 1.20. The van der Waals surface area contributed by atoms with Crippen LogP contribution in [0.3, 0.4) is 0 Å². The summed E-state index contributed by atoms with van der Waals surface area (Å²) < 4.78 is 5.34. The molecule has 1 aliphatic rings. The van der Waals surface area contributed by atoms with Gasteiger partial charge in [0.1, 0.15) is 0 Å². The van der Waals surface area contributed by atoms with Crippen LogP contribution in [0.1, 0.15) is 23.7 Å². The molecule has 0 spiro atoms. The van der Waals surface area contributed by atoms with E-state index in [9.17, 15) is 0 Å². The molecule has 1 aromatic heterocycles.